The van der Waals surface area contributed by atoms with E-state index in [1.165, 1.54) is 11.9 Å². The number of carbonyl (C=O) groups is 1. The molecule has 0 aromatic heterocycles. The zero-order valence-corrected chi connectivity index (χ0v) is 7.90. The fraction of sp³-hybridized carbons (Fsp3) is 0.857. The molecule has 0 aliphatic rings. The maximum Gasteiger partial charge on any atom is 0.390 e. The van der Waals surface area contributed by atoms with Crippen LogP contribution in [0.4, 0.5) is 13.2 Å². The second-order valence-electron chi connectivity index (χ2n) is 2.99. The summed E-state index contributed by atoms with van der Waals surface area (Å²) in [6.45, 7) is 0.153. The molecular formula is C7H14F3N3O. The van der Waals surface area contributed by atoms with Crippen molar-refractivity contribution in [3.63, 3.8) is 0 Å². The number of rotatable bonds is 5. The Morgan fingerprint density at radius 2 is 2.00 bits per heavy atom. The van der Waals surface area contributed by atoms with Crippen molar-refractivity contribution in [3.8, 4) is 0 Å². The Hall–Kier alpha value is -0.820. The smallest absolute Gasteiger partial charge is 0.306 e. The van der Waals surface area contributed by atoms with Crippen molar-refractivity contribution in [2.75, 3.05) is 20.1 Å². The minimum absolute atomic E-state index is 0.102. The second kappa shape index (κ2) is 5.82. The quantitative estimate of drug-likeness (QED) is 0.391. The van der Waals surface area contributed by atoms with Crippen LogP contribution in [-0.2, 0) is 4.79 Å². The van der Waals surface area contributed by atoms with Crippen LogP contribution in [0.25, 0.3) is 0 Å². The molecule has 0 saturated heterocycles. The fourth-order valence-electron chi connectivity index (χ4n) is 0.794. The number of halogens is 3. The summed E-state index contributed by atoms with van der Waals surface area (Å²) in [5, 5.41) is 0. The lowest BCUT2D eigenvalue weighted by atomic mass is 10.3. The van der Waals surface area contributed by atoms with Crippen molar-refractivity contribution in [1.82, 2.24) is 10.3 Å². The monoisotopic (exact) mass is 213 g/mol. The van der Waals surface area contributed by atoms with Gasteiger partial charge in [0, 0.05) is 19.5 Å². The number of amides is 1. The summed E-state index contributed by atoms with van der Waals surface area (Å²) >= 11 is 0. The first kappa shape index (κ1) is 13.2. The molecule has 0 atom stereocenters. The van der Waals surface area contributed by atoms with Gasteiger partial charge in [0.1, 0.15) is 0 Å². The van der Waals surface area contributed by atoms with E-state index >= 15 is 0 Å². The van der Waals surface area contributed by atoms with Crippen LogP contribution in [0, 0.1) is 0 Å². The van der Waals surface area contributed by atoms with Gasteiger partial charge in [-0.25, -0.2) is 5.84 Å². The molecule has 0 saturated carbocycles. The first-order valence-electron chi connectivity index (χ1n) is 4.10. The van der Waals surface area contributed by atoms with Crippen LogP contribution >= 0.6 is 0 Å². The molecule has 0 spiro atoms. The normalized spacial score (nSPS) is 11.9. The molecule has 1 amide bonds. The molecule has 0 unspecified atom stereocenters. The molecular weight excluding hydrogens is 199 g/mol. The predicted octanol–water partition coefficient (Wildman–Crippen LogP) is 0.251. The maximum atomic E-state index is 11.8. The van der Waals surface area contributed by atoms with E-state index in [-0.39, 0.29) is 25.4 Å². The van der Waals surface area contributed by atoms with Gasteiger partial charge in [-0.15, -0.1) is 0 Å². The third kappa shape index (κ3) is 7.81. The highest BCUT2D eigenvalue weighted by molar-refractivity contribution is 5.75. The Balaban J connectivity index is 3.56. The molecule has 0 radical (unpaired) electrons. The van der Waals surface area contributed by atoms with Crippen molar-refractivity contribution in [2.24, 2.45) is 5.84 Å². The maximum absolute atomic E-state index is 11.8. The zero-order valence-electron chi connectivity index (χ0n) is 7.90. The number of carbonyl (C=O) groups excluding carboxylic acids is 1. The number of hydrogen-bond acceptors (Lipinski definition) is 3. The van der Waals surface area contributed by atoms with E-state index in [1.54, 1.807) is 0 Å². The van der Waals surface area contributed by atoms with E-state index in [0.717, 1.165) is 0 Å². The van der Waals surface area contributed by atoms with Gasteiger partial charge in [-0.3, -0.25) is 10.2 Å². The number of alkyl halides is 3. The fourth-order valence-corrected chi connectivity index (χ4v) is 0.794. The first-order chi connectivity index (χ1) is 6.35. The average Bonchev–Trinajstić information content (AvgIpc) is 2.09. The predicted molar refractivity (Wildman–Crippen MR) is 45.1 cm³/mol. The van der Waals surface area contributed by atoms with Crippen LogP contribution < -0.4 is 11.3 Å². The summed E-state index contributed by atoms with van der Waals surface area (Å²) in [6.07, 6.45) is -4.91. The largest absolute Gasteiger partial charge is 0.390 e. The third-order valence-electron chi connectivity index (χ3n) is 1.66. The van der Waals surface area contributed by atoms with Gasteiger partial charge in [0.25, 0.3) is 0 Å². The second-order valence-corrected chi connectivity index (χ2v) is 2.99. The third-order valence-corrected chi connectivity index (χ3v) is 1.66. The summed E-state index contributed by atoms with van der Waals surface area (Å²) in [6, 6.07) is 0. The van der Waals surface area contributed by atoms with Crippen LogP contribution in [0.3, 0.4) is 0 Å². The molecule has 0 heterocycles. The molecule has 7 heteroatoms. The van der Waals surface area contributed by atoms with Gasteiger partial charge in [0.15, 0.2) is 0 Å². The van der Waals surface area contributed by atoms with Gasteiger partial charge in [-0.05, 0) is 7.05 Å². The Labute approximate surface area is 80.2 Å². The first-order valence-corrected chi connectivity index (χ1v) is 4.10. The highest BCUT2D eigenvalue weighted by Gasteiger charge is 2.26. The molecule has 0 rings (SSSR count). The summed E-state index contributed by atoms with van der Waals surface area (Å²) < 4.78 is 35.3. The van der Waals surface area contributed by atoms with E-state index in [1.807, 2.05) is 5.43 Å². The van der Waals surface area contributed by atoms with Gasteiger partial charge < -0.3 is 4.90 Å². The Morgan fingerprint density at radius 3 is 2.43 bits per heavy atom. The zero-order chi connectivity index (χ0) is 11.2. The highest BCUT2D eigenvalue weighted by atomic mass is 19.4. The Bertz CT molecular complexity index is 184. The molecule has 0 bridgehead atoms. The van der Waals surface area contributed by atoms with Gasteiger partial charge >= 0.3 is 6.18 Å². The highest BCUT2D eigenvalue weighted by Crippen LogP contribution is 2.19. The molecule has 4 nitrogen and oxygen atoms in total. The SMILES string of the molecule is CN(CCC(=O)NN)CCC(F)(F)F. The molecule has 0 fully saturated rings. The summed E-state index contributed by atoms with van der Waals surface area (Å²) in [5.41, 5.74) is 1.90. The lowest BCUT2D eigenvalue weighted by molar-refractivity contribution is -0.137. The minimum Gasteiger partial charge on any atom is -0.306 e. The Kier molecular flexibility index (Phi) is 5.47. The van der Waals surface area contributed by atoms with Gasteiger partial charge in [-0.2, -0.15) is 13.2 Å². The molecule has 0 aromatic carbocycles. The topological polar surface area (TPSA) is 58.4 Å². The van der Waals surface area contributed by atoms with Gasteiger partial charge in [0.2, 0.25) is 5.91 Å². The number of hydrogen-bond donors (Lipinski definition) is 2. The van der Waals surface area contributed by atoms with Gasteiger partial charge in [0.05, 0.1) is 6.42 Å². The van der Waals surface area contributed by atoms with E-state index in [9.17, 15) is 18.0 Å². The molecule has 3 N–H and O–H groups in total. The molecule has 0 aromatic rings. The van der Waals surface area contributed by atoms with Gasteiger partial charge in [-0.1, -0.05) is 0 Å². The standard InChI is InChI=1S/C7H14F3N3O/c1-13(4-2-6(14)12-11)5-3-7(8,9)10/h2-5,11H2,1H3,(H,12,14). The van der Waals surface area contributed by atoms with E-state index in [2.05, 4.69) is 0 Å². The van der Waals surface area contributed by atoms with Crippen LogP contribution in [0.2, 0.25) is 0 Å². The van der Waals surface area contributed by atoms with Crippen molar-refractivity contribution >= 4 is 5.91 Å². The van der Waals surface area contributed by atoms with Crippen LogP contribution in [0.15, 0.2) is 0 Å². The molecule has 14 heavy (non-hydrogen) atoms. The Morgan fingerprint density at radius 1 is 1.43 bits per heavy atom. The molecule has 0 aliphatic carbocycles. The lowest BCUT2D eigenvalue weighted by Gasteiger charge is -2.16. The summed E-state index contributed by atoms with van der Waals surface area (Å²) in [4.78, 5) is 12.1. The molecule has 84 valence electrons. The number of nitrogens with one attached hydrogen (secondary N) is 1. The summed E-state index contributed by atoms with van der Waals surface area (Å²) in [5.74, 6) is 4.42. The molecule has 0 aliphatic heterocycles. The average molecular weight is 213 g/mol. The number of nitrogens with two attached hydrogens (primary N) is 1. The van der Waals surface area contributed by atoms with E-state index in [4.69, 9.17) is 5.84 Å². The number of hydrazine groups is 1. The van der Waals surface area contributed by atoms with Crippen LogP contribution in [0.1, 0.15) is 12.8 Å². The van der Waals surface area contributed by atoms with Crippen molar-refractivity contribution in [1.29, 1.82) is 0 Å². The van der Waals surface area contributed by atoms with Crippen LogP contribution in [0.5, 0.6) is 0 Å². The number of nitrogens with zero attached hydrogens (tertiary/aromatic N) is 1. The lowest BCUT2D eigenvalue weighted by Crippen LogP contribution is -2.34. The van der Waals surface area contributed by atoms with E-state index < -0.39 is 12.6 Å². The minimum atomic E-state index is -4.15. The van der Waals surface area contributed by atoms with Crippen molar-refractivity contribution < 1.29 is 18.0 Å². The van der Waals surface area contributed by atoms with E-state index in [0.29, 0.717) is 0 Å². The van der Waals surface area contributed by atoms with Crippen LogP contribution in [-0.4, -0.2) is 37.1 Å². The summed E-state index contributed by atoms with van der Waals surface area (Å²) in [7, 11) is 1.52. The van der Waals surface area contributed by atoms with Crippen molar-refractivity contribution in [2.45, 2.75) is 19.0 Å². The van der Waals surface area contributed by atoms with Crippen molar-refractivity contribution in [3.05, 3.63) is 0 Å².